The summed E-state index contributed by atoms with van der Waals surface area (Å²) in [6, 6.07) is 15.3. The van der Waals surface area contributed by atoms with Gasteiger partial charge in [0.25, 0.3) is 0 Å². The van der Waals surface area contributed by atoms with Crippen molar-refractivity contribution in [3.05, 3.63) is 57.7 Å². The summed E-state index contributed by atoms with van der Waals surface area (Å²) in [7, 11) is 0. The molecule has 0 saturated carbocycles. The van der Waals surface area contributed by atoms with Gasteiger partial charge in [0.05, 0.1) is 5.92 Å². The van der Waals surface area contributed by atoms with Crippen LogP contribution < -0.4 is 10.2 Å². The number of nitrogens with zero attached hydrogens (tertiary/aromatic N) is 1. The van der Waals surface area contributed by atoms with E-state index in [1.807, 2.05) is 55.5 Å². The quantitative estimate of drug-likeness (QED) is 0.772. The molecule has 0 bridgehead atoms. The van der Waals surface area contributed by atoms with Gasteiger partial charge in [-0.05, 0) is 59.3 Å². The molecule has 4 nitrogen and oxygen atoms in total. The lowest BCUT2D eigenvalue weighted by molar-refractivity contribution is -0.122. The second-order valence-corrected chi connectivity index (χ2v) is 6.86. The van der Waals surface area contributed by atoms with E-state index in [2.05, 4.69) is 27.9 Å². The highest BCUT2D eigenvalue weighted by atomic mass is 127. The van der Waals surface area contributed by atoms with Gasteiger partial charge in [-0.2, -0.15) is 0 Å². The lowest BCUT2D eigenvalue weighted by Gasteiger charge is -2.16. The zero-order chi connectivity index (χ0) is 16.4. The first-order valence-electron chi connectivity index (χ1n) is 7.47. The van der Waals surface area contributed by atoms with Crippen LogP contribution in [0.2, 0.25) is 0 Å². The van der Waals surface area contributed by atoms with Crippen molar-refractivity contribution >= 4 is 45.8 Å². The normalized spacial score (nSPS) is 17.4. The van der Waals surface area contributed by atoms with Gasteiger partial charge < -0.3 is 10.2 Å². The number of benzene rings is 2. The molecule has 1 atom stereocenters. The molecule has 2 aromatic carbocycles. The van der Waals surface area contributed by atoms with Crippen LogP contribution in [-0.4, -0.2) is 18.4 Å². The van der Waals surface area contributed by atoms with Crippen LogP contribution in [0, 0.1) is 16.4 Å². The average Bonchev–Trinajstić information content (AvgIpc) is 2.94. The number of hydrogen-bond donors (Lipinski definition) is 1. The first-order chi connectivity index (χ1) is 11.0. The van der Waals surface area contributed by atoms with Gasteiger partial charge >= 0.3 is 0 Å². The Kier molecular flexibility index (Phi) is 4.66. The van der Waals surface area contributed by atoms with Crippen molar-refractivity contribution in [2.45, 2.75) is 13.3 Å². The number of para-hydroxylation sites is 1. The number of amides is 2. The lowest BCUT2D eigenvalue weighted by Crippen LogP contribution is -2.28. The fourth-order valence-corrected chi connectivity index (χ4v) is 3.17. The molecule has 1 saturated heterocycles. The van der Waals surface area contributed by atoms with Gasteiger partial charge in [0.15, 0.2) is 0 Å². The van der Waals surface area contributed by atoms with Gasteiger partial charge in [-0.3, -0.25) is 9.59 Å². The number of aryl methyl sites for hydroxylation is 1. The van der Waals surface area contributed by atoms with Gasteiger partial charge in [-0.25, -0.2) is 0 Å². The topological polar surface area (TPSA) is 49.4 Å². The van der Waals surface area contributed by atoms with E-state index >= 15 is 0 Å². The summed E-state index contributed by atoms with van der Waals surface area (Å²) in [6.45, 7) is 2.46. The van der Waals surface area contributed by atoms with Crippen molar-refractivity contribution in [1.82, 2.24) is 0 Å². The predicted molar refractivity (Wildman–Crippen MR) is 99.4 cm³/mol. The number of rotatable bonds is 3. The van der Waals surface area contributed by atoms with Crippen LogP contribution in [-0.2, 0) is 9.59 Å². The first-order valence-corrected chi connectivity index (χ1v) is 8.55. The summed E-state index contributed by atoms with van der Waals surface area (Å²) in [5.41, 5.74) is 2.79. The first kappa shape index (κ1) is 16.0. The smallest absolute Gasteiger partial charge is 0.229 e. The Bertz CT molecular complexity index is 746. The minimum atomic E-state index is -0.318. The van der Waals surface area contributed by atoms with Crippen molar-refractivity contribution in [2.75, 3.05) is 16.8 Å². The highest BCUT2D eigenvalue weighted by Crippen LogP contribution is 2.26. The molecule has 5 heteroatoms. The Morgan fingerprint density at radius 2 is 1.96 bits per heavy atom. The molecule has 1 heterocycles. The predicted octanol–water partition coefficient (Wildman–Crippen LogP) is 3.59. The maximum absolute atomic E-state index is 12.4. The molecule has 118 valence electrons. The largest absolute Gasteiger partial charge is 0.326 e. The van der Waals surface area contributed by atoms with Crippen LogP contribution in [0.5, 0.6) is 0 Å². The second kappa shape index (κ2) is 6.70. The van der Waals surface area contributed by atoms with Crippen molar-refractivity contribution in [3.8, 4) is 0 Å². The van der Waals surface area contributed by atoms with Crippen molar-refractivity contribution in [1.29, 1.82) is 0 Å². The Morgan fingerprint density at radius 1 is 1.22 bits per heavy atom. The fourth-order valence-electron chi connectivity index (χ4n) is 2.66. The molecule has 0 radical (unpaired) electrons. The van der Waals surface area contributed by atoms with Gasteiger partial charge in [-0.1, -0.05) is 24.3 Å². The number of hydrogen-bond acceptors (Lipinski definition) is 2. The highest BCUT2D eigenvalue weighted by Gasteiger charge is 2.35. The molecule has 1 aliphatic rings. The van der Waals surface area contributed by atoms with Crippen molar-refractivity contribution in [3.63, 3.8) is 0 Å². The monoisotopic (exact) mass is 420 g/mol. The van der Waals surface area contributed by atoms with E-state index in [4.69, 9.17) is 0 Å². The summed E-state index contributed by atoms with van der Waals surface area (Å²) in [6.07, 6.45) is 0.254. The third-order valence-corrected chi connectivity index (χ3v) is 5.17. The minimum Gasteiger partial charge on any atom is -0.326 e. The van der Waals surface area contributed by atoms with E-state index in [0.717, 1.165) is 14.9 Å². The van der Waals surface area contributed by atoms with Crippen LogP contribution in [0.3, 0.4) is 0 Å². The Morgan fingerprint density at radius 3 is 2.65 bits per heavy atom. The standard InChI is InChI=1S/C18H17IN2O2/c1-12-7-8-14(10-16(12)19)20-18(23)13-9-17(22)21(11-13)15-5-3-2-4-6-15/h2-8,10,13H,9,11H2,1H3,(H,20,23). The average molecular weight is 420 g/mol. The third kappa shape index (κ3) is 3.55. The summed E-state index contributed by atoms with van der Waals surface area (Å²) in [5.74, 6) is -0.423. The number of halogens is 1. The summed E-state index contributed by atoms with van der Waals surface area (Å²) < 4.78 is 1.11. The second-order valence-electron chi connectivity index (χ2n) is 5.69. The Labute approximate surface area is 149 Å². The molecular formula is C18H17IN2O2. The number of carbonyl (C=O) groups excluding carboxylic acids is 2. The van der Waals surface area contributed by atoms with Gasteiger partial charge in [0.1, 0.15) is 0 Å². The van der Waals surface area contributed by atoms with Gasteiger partial charge in [0, 0.05) is 27.9 Å². The van der Waals surface area contributed by atoms with E-state index in [-0.39, 0.29) is 24.2 Å². The third-order valence-electron chi connectivity index (χ3n) is 4.00. The molecule has 0 aliphatic carbocycles. The molecule has 23 heavy (non-hydrogen) atoms. The van der Waals surface area contributed by atoms with Crippen LogP contribution in [0.1, 0.15) is 12.0 Å². The molecule has 1 fully saturated rings. The van der Waals surface area contributed by atoms with E-state index in [9.17, 15) is 9.59 Å². The Balaban J connectivity index is 1.69. The number of nitrogens with one attached hydrogen (secondary N) is 1. The van der Waals surface area contributed by atoms with Crippen LogP contribution in [0.25, 0.3) is 0 Å². The summed E-state index contributed by atoms with van der Waals surface area (Å²) in [5, 5.41) is 2.92. The Hall–Kier alpha value is -1.89. The van der Waals surface area contributed by atoms with E-state index in [0.29, 0.717) is 6.54 Å². The summed E-state index contributed by atoms with van der Waals surface area (Å²) in [4.78, 5) is 26.3. The van der Waals surface area contributed by atoms with E-state index in [1.54, 1.807) is 4.90 Å². The zero-order valence-corrected chi connectivity index (χ0v) is 14.9. The zero-order valence-electron chi connectivity index (χ0n) is 12.8. The van der Waals surface area contributed by atoms with Crippen LogP contribution in [0.4, 0.5) is 11.4 Å². The number of carbonyl (C=O) groups is 2. The highest BCUT2D eigenvalue weighted by molar-refractivity contribution is 14.1. The maximum Gasteiger partial charge on any atom is 0.229 e. The molecule has 2 aromatic rings. The van der Waals surface area contributed by atoms with Crippen LogP contribution in [0.15, 0.2) is 48.5 Å². The number of anilines is 2. The SMILES string of the molecule is Cc1ccc(NC(=O)C2CC(=O)N(c3ccccc3)C2)cc1I. The molecule has 0 aromatic heterocycles. The molecule has 0 spiro atoms. The molecule has 3 rings (SSSR count). The van der Waals surface area contributed by atoms with Crippen LogP contribution >= 0.6 is 22.6 Å². The molecule has 1 aliphatic heterocycles. The summed E-state index contributed by atoms with van der Waals surface area (Å²) >= 11 is 2.25. The van der Waals surface area contributed by atoms with Gasteiger partial charge in [-0.15, -0.1) is 0 Å². The molecule has 1 unspecified atom stereocenters. The van der Waals surface area contributed by atoms with Crippen molar-refractivity contribution in [2.24, 2.45) is 5.92 Å². The van der Waals surface area contributed by atoms with E-state index < -0.39 is 0 Å². The van der Waals surface area contributed by atoms with E-state index in [1.165, 1.54) is 5.56 Å². The molecule has 1 N–H and O–H groups in total. The fraction of sp³-hybridized carbons (Fsp3) is 0.222. The lowest BCUT2D eigenvalue weighted by atomic mass is 10.1. The van der Waals surface area contributed by atoms with Gasteiger partial charge in [0.2, 0.25) is 11.8 Å². The minimum absolute atomic E-state index is 0.00478. The maximum atomic E-state index is 12.4. The molecule has 2 amide bonds. The molecular weight excluding hydrogens is 403 g/mol. The van der Waals surface area contributed by atoms with Crippen molar-refractivity contribution < 1.29 is 9.59 Å².